The van der Waals surface area contributed by atoms with E-state index >= 15 is 0 Å². The Bertz CT molecular complexity index is 530. The quantitative estimate of drug-likeness (QED) is 0.783. The van der Waals surface area contributed by atoms with Gasteiger partial charge in [-0.1, -0.05) is 24.6 Å². The summed E-state index contributed by atoms with van der Waals surface area (Å²) >= 11 is 1.64. The first kappa shape index (κ1) is 16.9. The maximum absolute atomic E-state index is 12.4. The molecule has 1 aromatic rings. The monoisotopic (exact) mass is 320 g/mol. The lowest BCUT2D eigenvalue weighted by atomic mass is 10.1. The van der Waals surface area contributed by atoms with Gasteiger partial charge in [0.25, 0.3) is 0 Å². The van der Waals surface area contributed by atoms with Crippen LogP contribution in [0, 0.1) is 6.92 Å². The molecule has 0 saturated carbocycles. The van der Waals surface area contributed by atoms with Gasteiger partial charge in [0.05, 0.1) is 5.75 Å². The van der Waals surface area contributed by atoms with E-state index in [-0.39, 0.29) is 24.4 Å². The molecule has 5 heteroatoms. The molecule has 2 amide bonds. The van der Waals surface area contributed by atoms with E-state index in [2.05, 4.69) is 6.92 Å². The topological polar surface area (TPSA) is 40.6 Å². The van der Waals surface area contributed by atoms with E-state index < -0.39 is 0 Å². The Hall–Kier alpha value is -1.49. The summed E-state index contributed by atoms with van der Waals surface area (Å²) in [6, 6.07) is 8.00. The number of carbonyl (C=O) groups is 2. The highest BCUT2D eigenvalue weighted by molar-refractivity contribution is 7.99. The summed E-state index contributed by atoms with van der Waals surface area (Å²) in [6.07, 6.45) is 1.06. The van der Waals surface area contributed by atoms with E-state index in [1.54, 1.807) is 21.6 Å². The zero-order valence-electron chi connectivity index (χ0n) is 13.5. The van der Waals surface area contributed by atoms with Gasteiger partial charge in [-0.3, -0.25) is 9.59 Å². The SMILES string of the molecule is CCCSCC(=O)N1CC(=O)N(c2ccc(C)cc2)C[C@@H]1C. The van der Waals surface area contributed by atoms with Crippen LogP contribution in [-0.4, -0.2) is 47.4 Å². The van der Waals surface area contributed by atoms with Crippen molar-refractivity contribution >= 4 is 29.3 Å². The fraction of sp³-hybridized carbons (Fsp3) is 0.529. The van der Waals surface area contributed by atoms with E-state index in [4.69, 9.17) is 0 Å². The Morgan fingerprint density at radius 1 is 1.32 bits per heavy atom. The smallest absolute Gasteiger partial charge is 0.246 e. The van der Waals surface area contributed by atoms with Crippen LogP contribution in [0.15, 0.2) is 24.3 Å². The number of thioether (sulfide) groups is 1. The predicted molar refractivity (Wildman–Crippen MR) is 92.3 cm³/mol. The summed E-state index contributed by atoms with van der Waals surface area (Å²) in [5.41, 5.74) is 2.08. The van der Waals surface area contributed by atoms with Crippen molar-refractivity contribution in [2.24, 2.45) is 0 Å². The number of hydrogen-bond acceptors (Lipinski definition) is 3. The van der Waals surface area contributed by atoms with Crippen molar-refractivity contribution in [3.63, 3.8) is 0 Å². The van der Waals surface area contributed by atoms with E-state index in [1.165, 1.54) is 5.56 Å². The molecule has 2 rings (SSSR count). The summed E-state index contributed by atoms with van der Waals surface area (Å²) in [6.45, 7) is 6.88. The lowest BCUT2D eigenvalue weighted by Gasteiger charge is -2.39. The molecule has 1 aliphatic heterocycles. The Balaban J connectivity index is 2.00. The second-order valence-corrected chi connectivity index (χ2v) is 6.87. The van der Waals surface area contributed by atoms with Gasteiger partial charge in [-0.15, -0.1) is 0 Å². The van der Waals surface area contributed by atoms with Gasteiger partial charge in [0, 0.05) is 18.3 Å². The fourth-order valence-electron chi connectivity index (χ4n) is 2.55. The summed E-state index contributed by atoms with van der Waals surface area (Å²) in [5, 5.41) is 0. The third kappa shape index (κ3) is 4.03. The molecule has 1 saturated heterocycles. The van der Waals surface area contributed by atoms with Gasteiger partial charge in [-0.05, 0) is 38.2 Å². The second-order valence-electron chi connectivity index (χ2n) is 5.76. The van der Waals surface area contributed by atoms with Gasteiger partial charge in [-0.25, -0.2) is 0 Å². The molecule has 0 aliphatic carbocycles. The number of amides is 2. The predicted octanol–water partition coefficient (Wildman–Crippen LogP) is 2.70. The maximum atomic E-state index is 12.4. The van der Waals surface area contributed by atoms with Gasteiger partial charge in [0.2, 0.25) is 11.8 Å². The van der Waals surface area contributed by atoms with Crippen LogP contribution in [0.4, 0.5) is 5.69 Å². The van der Waals surface area contributed by atoms with Crippen LogP contribution in [0.2, 0.25) is 0 Å². The Morgan fingerprint density at radius 3 is 2.64 bits per heavy atom. The highest BCUT2D eigenvalue weighted by Gasteiger charge is 2.32. The molecule has 0 radical (unpaired) electrons. The van der Waals surface area contributed by atoms with Crippen molar-refractivity contribution in [3.8, 4) is 0 Å². The lowest BCUT2D eigenvalue weighted by molar-refractivity contribution is -0.137. The molecule has 4 nitrogen and oxygen atoms in total. The summed E-state index contributed by atoms with van der Waals surface area (Å²) < 4.78 is 0. The largest absolute Gasteiger partial charge is 0.328 e. The van der Waals surface area contributed by atoms with Crippen LogP contribution in [0.1, 0.15) is 25.8 Å². The highest BCUT2D eigenvalue weighted by atomic mass is 32.2. The van der Waals surface area contributed by atoms with E-state index in [9.17, 15) is 9.59 Å². The molecule has 1 aliphatic rings. The third-order valence-electron chi connectivity index (χ3n) is 3.83. The number of rotatable bonds is 5. The third-order valence-corrected chi connectivity index (χ3v) is 4.97. The summed E-state index contributed by atoms with van der Waals surface area (Å²) in [4.78, 5) is 28.1. The number of hydrogen-bond donors (Lipinski definition) is 0. The van der Waals surface area contributed by atoms with E-state index in [1.807, 2.05) is 38.1 Å². The number of nitrogens with zero attached hydrogens (tertiary/aromatic N) is 2. The standard InChI is InChI=1S/C17H24N2O2S/c1-4-9-22-12-17(21)18-11-16(20)19(10-14(18)3)15-7-5-13(2)6-8-15/h5-8,14H,4,9-12H2,1-3H3/t14-/m0/s1. The number of anilines is 1. The van der Waals surface area contributed by atoms with Crippen LogP contribution >= 0.6 is 11.8 Å². The van der Waals surface area contributed by atoms with E-state index in [0.29, 0.717) is 12.3 Å². The van der Waals surface area contributed by atoms with Gasteiger partial charge >= 0.3 is 0 Å². The van der Waals surface area contributed by atoms with Crippen molar-refractivity contribution in [2.75, 3.05) is 29.5 Å². The molecule has 0 spiro atoms. The number of piperazine rings is 1. The van der Waals surface area contributed by atoms with Crippen LogP contribution in [-0.2, 0) is 9.59 Å². The van der Waals surface area contributed by atoms with Gasteiger partial charge in [-0.2, -0.15) is 11.8 Å². The number of benzene rings is 1. The highest BCUT2D eigenvalue weighted by Crippen LogP contribution is 2.21. The van der Waals surface area contributed by atoms with E-state index in [0.717, 1.165) is 17.9 Å². The normalized spacial score (nSPS) is 18.7. The van der Waals surface area contributed by atoms with Crippen LogP contribution in [0.25, 0.3) is 0 Å². The molecule has 1 aromatic carbocycles. The Kier molecular flexibility index (Phi) is 5.89. The zero-order valence-corrected chi connectivity index (χ0v) is 14.4. The Labute approximate surface area is 136 Å². The average molecular weight is 320 g/mol. The minimum absolute atomic E-state index is 0.00389. The molecular formula is C17H24N2O2S. The fourth-order valence-corrected chi connectivity index (χ4v) is 3.32. The minimum Gasteiger partial charge on any atom is -0.328 e. The van der Waals surface area contributed by atoms with Crippen molar-refractivity contribution in [1.29, 1.82) is 0 Å². The molecule has 22 heavy (non-hydrogen) atoms. The molecule has 0 aromatic heterocycles. The lowest BCUT2D eigenvalue weighted by Crippen LogP contribution is -2.57. The molecule has 1 atom stereocenters. The van der Waals surface area contributed by atoms with Crippen molar-refractivity contribution < 1.29 is 9.59 Å². The molecular weight excluding hydrogens is 296 g/mol. The first-order chi connectivity index (χ1) is 10.5. The van der Waals surface area contributed by atoms with Crippen LogP contribution in [0.3, 0.4) is 0 Å². The Morgan fingerprint density at radius 2 is 2.00 bits per heavy atom. The molecule has 0 unspecified atom stereocenters. The minimum atomic E-state index is -0.00389. The summed E-state index contributed by atoms with van der Waals surface area (Å²) in [7, 11) is 0. The van der Waals surface area contributed by atoms with Gasteiger partial charge < -0.3 is 9.80 Å². The first-order valence-electron chi connectivity index (χ1n) is 7.77. The summed E-state index contributed by atoms with van der Waals surface area (Å²) in [5.74, 6) is 1.52. The van der Waals surface area contributed by atoms with Crippen LogP contribution in [0.5, 0.6) is 0 Å². The van der Waals surface area contributed by atoms with Crippen molar-refractivity contribution in [1.82, 2.24) is 4.90 Å². The molecule has 0 N–H and O–H groups in total. The van der Waals surface area contributed by atoms with Gasteiger partial charge in [0.1, 0.15) is 6.54 Å². The molecule has 1 fully saturated rings. The molecule has 1 heterocycles. The van der Waals surface area contributed by atoms with Crippen LogP contribution < -0.4 is 4.90 Å². The molecule has 0 bridgehead atoms. The number of aryl methyl sites for hydroxylation is 1. The number of carbonyl (C=O) groups excluding carboxylic acids is 2. The van der Waals surface area contributed by atoms with Gasteiger partial charge in [0.15, 0.2) is 0 Å². The first-order valence-corrected chi connectivity index (χ1v) is 8.92. The van der Waals surface area contributed by atoms with Crippen molar-refractivity contribution in [3.05, 3.63) is 29.8 Å². The maximum Gasteiger partial charge on any atom is 0.246 e. The second kappa shape index (κ2) is 7.68. The zero-order chi connectivity index (χ0) is 16.1. The van der Waals surface area contributed by atoms with Crippen molar-refractivity contribution in [2.45, 2.75) is 33.2 Å². The average Bonchev–Trinajstić information content (AvgIpc) is 2.50. The molecule has 120 valence electrons.